The number of carbonyl (C=O) groups excluding carboxylic acids is 1. The third-order valence-corrected chi connectivity index (χ3v) is 2.52. The molecule has 1 aromatic carbocycles. The lowest BCUT2D eigenvalue weighted by molar-refractivity contribution is -0.139. The van der Waals surface area contributed by atoms with E-state index in [-0.39, 0.29) is 6.54 Å². The van der Waals surface area contributed by atoms with E-state index in [1.807, 2.05) is 30.3 Å². The van der Waals surface area contributed by atoms with E-state index >= 15 is 0 Å². The molecule has 100 valence electrons. The Morgan fingerprint density at radius 1 is 1.32 bits per heavy atom. The molecule has 1 atom stereocenters. The van der Waals surface area contributed by atoms with Gasteiger partial charge in [-0.25, -0.2) is 9.59 Å². The average molecular weight is 260 g/mol. The summed E-state index contributed by atoms with van der Waals surface area (Å²) in [6.45, 7) is 0.0663. The summed E-state index contributed by atoms with van der Waals surface area (Å²) >= 11 is 0. The van der Waals surface area contributed by atoms with Crippen molar-refractivity contribution in [3.8, 4) is 12.3 Å². The lowest BCUT2D eigenvalue weighted by atomic mass is 10.1. The number of aryl methyl sites for hydroxylation is 1. The maximum Gasteiger partial charge on any atom is 0.326 e. The van der Waals surface area contributed by atoms with Crippen LogP contribution in [-0.2, 0) is 11.2 Å². The van der Waals surface area contributed by atoms with Crippen molar-refractivity contribution in [3.63, 3.8) is 0 Å². The van der Waals surface area contributed by atoms with Crippen LogP contribution in [0.25, 0.3) is 0 Å². The highest BCUT2D eigenvalue weighted by atomic mass is 16.4. The number of rotatable bonds is 6. The SMILES string of the molecule is C#CCNC(=O)N[C@@H](CCc1ccccc1)C(=O)O. The molecule has 3 N–H and O–H groups in total. The van der Waals surface area contributed by atoms with Crippen molar-refractivity contribution >= 4 is 12.0 Å². The lowest BCUT2D eigenvalue weighted by Crippen LogP contribution is -2.46. The van der Waals surface area contributed by atoms with Crippen LogP contribution >= 0.6 is 0 Å². The molecule has 1 aromatic rings. The predicted octanol–water partition coefficient (Wildman–Crippen LogP) is 1.00. The molecule has 0 fully saturated rings. The highest BCUT2D eigenvalue weighted by molar-refractivity contribution is 5.82. The third-order valence-electron chi connectivity index (χ3n) is 2.52. The number of carbonyl (C=O) groups is 2. The molecule has 1 rings (SSSR count). The Kier molecular flexibility index (Phi) is 5.96. The van der Waals surface area contributed by atoms with Gasteiger partial charge >= 0.3 is 12.0 Å². The molecular weight excluding hydrogens is 244 g/mol. The second-order valence-corrected chi connectivity index (χ2v) is 3.95. The molecule has 0 bridgehead atoms. The zero-order valence-corrected chi connectivity index (χ0v) is 10.4. The Morgan fingerprint density at radius 3 is 2.58 bits per heavy atom. The van der Waals surface area contributed by atoms with Crippen molar-refractivity contribution < 1.29 is 14.7 Å². The summed E-state index contributed by atoms with van der Waals surface area (Å²) in [5.74, 6) is 1.18. The van der Waals surface area contributed by atoms with Crippen molar-refractivity contribution in [1.82, 2.24) is 10.6 Å². The Bertz CT molecular complexity index is 465. The number of urea groups is 1. The lowest BCUT2D eigenvalue weighted by Gasteiger charge is -2.14. The number of hydrogen-bond donors (Lipinski definition) is 3. The minimum absolute atomic E-state index is 0.0663. The quantitative estimate of drug-likeness (QED) is 0.668. The van der Waals surface area contributed by atoms with E-state index in [2.05, 4.69) is 16.6 Å². The van der Waals surface area contributed by atoms with Gasteiger partial charge in [0.15, 0.2) is 0 Å². The van der Waals surface area contributed by atoms with Crippen LogP contribution in [0.15, 0.2) is 30.3 Å². The second-order valence-electron chi connectivity index (χ2n) is 3.95. The van der Waals surface area contributed by atoms with Gasteiger partial charge in [0, 0.05) is 0 Å². The summed E-state index contributed by atoms with van der Waals surface area (Å²) in [5.41, 5.74) is 1.03. The fourth-order valence-electron chi connectivity index (χ4n) is 1.55. The zero-order valence-electron chi connectivity index (χ0n) is 10.4. The number of carboxylic acids is 1. The highest BCUT2D eigenvalue weighted by Gasteiger charge is 2.19. The molecule has 0 aliphatic heterocycles. The van der Waals surface area contributed by atoms with E-state index in [4.69, 9.17) is 11.5 Å². The molecule has 5 nitrogen and oxygen atoms in total. The molecule has 0 saturated heterocycles. The molecule has 0 aliphatic rings. The van der Waals surface area contributed by atoms with Gasteiger partial charge in [-0.2, -0.15) is 0 Å². The van der Waals surface area contributed by atoms with Gasteiger partial charge in [0.1, 0.15) is 6.04 Å². The van der Waals surface area contributed by atoms with Crippen LogP contribution < -0.4 is 10.6 Å². The average Bonchev–Trinajstić information content (AvgIpc) is 2.42. The number of aliphatic carboxylic acids is 1. The van der Waals surface area contributed by atoms with E-state index in [0.29, 0.717) is 12.8 Å². The Hall–Kier alpha value is -2.48. The summed E-state index contributed by atoms with van der Waals surface area (Å²) in [5, 5.41) is 13.8. The molecule has 0 spiro atoms. The van der Waals surface area contributed by atoms with Gasteiger partial charge in [-0.05, 0) is 18.4 Å². The van der Waals surface area contributed by atoms with Gasteiger partial charge in [-0.15, -0.1) is 6.42 Å². The van der Waals surface area contributed by atoms with Gasteiger partial charge in [0.25, 0.3) is 0 Å². The molecule has 0 unspecified atom stereocenters. The van der Waals surface area contributed by atoms with Crippen LogP contribution in [0, 0.1) is 12.3 Å². The standard InChI is InChI=1S/C14H16N2O3/c1-2-10-15-14(19)16-12(13(17)18)9-8-11-6-4-3-5-7-11/h1,3-7,12H,8-10H2,(H,17,18)(H2,15,16,19)/t12-/m0/s1. The molecule has 19 heavy (non-hydrogen) atoms. The third kappa shape index (κ3) is 5.59. The monoisotopic (exact) mass is 260 g/mol. The number of amides is 2. The zero-order chi connectivity index (χ0) is 14.1. The van der Waals surface area contributed by atoms with Crippen molar-refractivity contribution in [2.24, 2.45) is 0 Å². The number of carboxylic acid groups (broad SMARTS) is 1. The molecule has 0 aliphatic carbocycles. The number of benzene rings is 1. The fourth-order valence-corrected chi connectivity index (χ4v) is 1.55. The fraction of sp³-hybridized carbons (Fsp3) is 0.286. The minimum Gasteiger partial charge on any atom is -0.480 e. The first kappa shape index (κ1) is 14.6. The van der Waals surface area contributed by atoms with Gasteiger partial charge in [-0.3, -0.25) is 0 Å². The van der Waals surface area contributed by atoms with E-state index < -0.39 is 18.0 Å². The summed E-state index contributed by atoms with van der Waals surface area (Å²) < 4.78 is 0. The topological polar surface area (TPSA) is 78.4 Å². The maximum atomic E-state index is 11.3. The Labute approximate surface area is 112 Å². The molecule has 0 radical (unpaired) electrons. The largest absolute Gasteiger partial charge is 0.480 e. The van der Waals surface area contributed by atoms with Crippen molar-refractivity contribution in [1.29, 1.82) is 0 Å². The minimum atomic E-state index is -1.06. The van der Waals surface area contributed by atoms with E-state index in [0.717, 1.165) is 5.56 Å². The number of nitrogens with one attached hydrogen (secondary N) is 2. The second kappa shape index (κ2) is 7.77. The summed E-state index contributed by atoms with van der Waals surface area (Å²) in [7, 11) is 0. The summed E-state index contributed by atoms with van der Waals surface area (Å²) in [6.07, 6.45) is 5.89. The number of terminal acetylenes is 1. The molecule has 0 saturated carbocycles. The molecule has 2 amide bonds. The summed E-state index contributed by atoms with van der Waals surface area (Å²) in [4.78, 5) is 22.4. The first-order valence-corrected chi connectivity index (χ1v) is 5.88. The van der Waals surface area contributed by atoms with Crippen LogP contribution in [0.5, 0.6) is 0 Å². The summed E-state index contributed by atoms with van der Waals surface area (Å²) in [6, 6.07) is 7.99. The van der Waals surface area contributed by atoms with Crippen LogP contribution in [0.2, 0.25) is 0 Å². The van der Waals surface area contributed by atoms with E-state index in [9.17, 15) is 9.59 Å². The normalized spacial score (nSPS) is 11.1. The van der Waals surface area contributed by atoms with Crippen molar-refractivity contribution in [3.05, 3.63) is 35.9 Å². The van der Waals surface area contributed by atoms with Gasteiger partial charge in [-0.1, -0.05) is 36.3 Å². The van der Waals surface area contributed by atoms with Crippen LogP contribution in [0.1, 0.15) is 12.0 Å². The van der Waals surface area contributed by atoms with Crippen LogP contribution in [0.3, 0.4) is 0 Å². The van der Waals surface area contributed by atoms with Crippen LogP contribution in [-0.4, -0.2) is 29.7 Å². The van der Waals surface area contributed by atoms with Crippen molar-refractivity contribution in [2.75, 3.05) is 6.54 Å². The van der Waals surface area contributed by atoms with Gasteiger partial charge in [0.2, 0.25) is 0 Å². The molecule has 0 aromatic heterocycles. The number of hydrogen-bond acceptors (Lipinski definition) is 2. The Balaban J connectivity index is 2.47. The van der Waals surface area contributed by atoms with E-state index in [1.165, 1.54) is 0 Å². The first-order valence-electron chi connectivity index (χ1n) is 5.88. The Morgan fingerprint density at radius 2 is 2.00 bits per heavy atom. The highest BCUT2D eigenvalue weighted by Crippen LogP contribution is 2.05. The predicted molar refractivity (Wildman–Crippen MR) is 71.6 cm³/mol. The van der Waals surface area contributed by atoms with Gasteiger partial charge < -0.3 is 15.7 Å². The van der Waals surface area contributed by atoms with E-state index in [1.54, 1.807) is 0 Å². The van der Waals surface area contributed by atoms with Gasteiger partial charge in [0.05, 0.1) is 6.54 Å². The van der Waals surface area contributed by atoms with Crippen LogP contribution in [0.4, 0.5) is 4.79 Å². The molecule has 5 heteroatoms. The first-order chi connectivity index (χ1) is 9.13. The molecule has 0 heterocycles. The smallest absolute Gasteiger partial charge is 0.326 e. The van der Waals surface area contributed by atoms with Crippen molar-refractivity contribution in [2.45, 2.75) is 18.9 Å². The maximum absolute atomic E-state index is 11.3. The molecular formula is C14H16N2O3.